The van der Waals surface area contributed by atoms with Crippen LogP contribution in [0.5, 0.6) is 17.4 Å². The predicted octanol–water partition coefficient (Wildman–Crippen LogP) is 4.61. The first-order valence-corrected chi connectivity index (χ1v) is 10.4. The monoisotopic (exact) mass is 451 g/mol. The Morgan fingerprint density at radius 3 is 2.27 bits per heavy atom. The Balaban J connectivity index is 1.60. The number of aromatic nitrogens is 3. The lowest BCUT2D eigenvalue weighted by Crippen LogP contribution is -2.17. The second kappa shape index (κ2) is 10.3. The van der Waals surface area contributed by atoms with Gasteiger partial charge in [-0.15, -0.1) is 0 Å². The van der Waals surface area contributed by atoms with Crippen LogP contribution in [-0.4, -0.2) is 41.9 Å². The highest BCUT2D eigenvalue weighted by molar-refractivity contribution is 5.86. The Morgan fingerprint density at radius 2 is 1.58 bits per heavy atom. The van der Waals surface area contributed by atoms with Crippen molar-refractivity contribution >= 4 is 10.9 Å². The molecule has 2 atom stereocenters. The zero-order valence-electron chi connectivity index (χ0n) is 18.8. The molecule has 0 aliphatic rings. The number of benzene rings is 2. The van der Waals surface area contributed by atoms with E-state index in [2.05, 4.69) is 15.1 Å². The van der Waals surface area contributed by atoms with Gasteiger partial charge in [-0.25, -0.2) is 9.97 Å². The highest BCUT2D eigenvalue weighted by Gasteiger charge is 2.17. The number of hydrogen-bond acceptors (Lipinski definition) is 9. The molecular formula is C24H25N3O6. The summed E-state index contributed by atoms with van der Waals surface area (Å²) in [6, 6.07) is 15.1. The third-order valence-electron chi connectivity index (χ3n) is 4.89. The Labute approximate surface area is 191 Å². The molecule has 0 saturated heterocycles. The van der Waals surface area contributed by atoms with Gasteiger partial charge in [0.05, 0.1) is 10.9 Å². The van der Waals surface area contributed by atoms with Crippen LogP contribution in [0.4, 0.5) is 0 Å². The van der Waals surface area contributed by atoms with E-state index in [1.807, 2.05) is 36.4 Å². The Bertz CT molecular complexity index is 1200. The largest absolute Gasteiger partial charge is 0.469 e. The Morgan fingerprint density at radius 1 is 0.879 bits per heavy atom. The van der Waals surface area contributed by atoms with E-state index in [0.29, 0.717) is 34.0 Å². The van der Waals surface area contributed by atoms with Crippen LogP contribution in [0.15, 0.2) is 59.4 Å². The van der Waals surface area contributed by atoms with Gasteiger partial charge in [0.15, 0.2) is 36.4 Å². The van der Waals surface area contributed by atoms with Crippen LogP contribution in [0.25, 0.3) is 22.2 Å². The molecule has 0 aliphatic heterocycles. The number of nitrogens with zero attached hydrogens (tertiary/aromatic N) is 3. The van der Waals surface area contributed by atoms with E-state index in [-0.39, 0.29) is 6.61 Å². The number of ether oxygens (including phenoxy) is 5. The van der Waals surface area contributed by atoms with Crippen molar-refractivity contribution in [2.45, 2.75) is 33.0 Å². The predicted molar refractivity (Wildman–Crippen MR) is 120 cm³/mol. The Hall–Kier alpha value is -3.69. The normalized spacial score (nSPS) is 13.0. The molecule has 2 aromatic carbocycles. The molecule has 0 amide bonds. The lowest BCUT2D eigenvalue weighted by atomic mass is 10.1. The van der Waals surface area contributed by atoms with Crippen molar-refractivity contribution in [3.05, 3.63) is 60.6 Å². The number of rotatable bonds is 10. The zero-order chi connectivity index (χ0) is 23.2. The molecule has 4 aromatic rings. The van der Waals surface area contributed by atoms with Gasteiger partial charge in [0.2, 0.25) is 5.88 Å². The first-order valence-electron chi connectivity index (χ1n) is 10.4. The number of hydrogen-bond donors (Lipinski definition) is 0. The van der Waals surface area contributed by atoms with Gasteiger partial charge in [-0.1, -0.05) is 35.5 Å². The summed E-state index contributed by atoms with van der Waals surface area (Å²) < 4.78 is 33.5. The maximum atomic E-state index is 5.95. The fourth-order valence-corrected chi connectivity index (χ4v) is 3.06. The molecule has 4 rings (SSSR count). The van der Waals surface area contributed by atoms with Crippen molar-refractivity contribution in [3.63, 3.8) is 0 Å². The lowest BCUT2D eigenvalue weighted by Gasteiger charge is -2.19. The van der Waals surface area contributed by atoms with Gasteiger partial charge in [-0.2, -0.15) is 0 Å². The number of fused-ring (bicyclic) bond motifs is 1. The molecule has 0 N–H and O–H groups in total. The van der Waals surface area contributed by atoms with Crippen LogP contribution >= 0.6 is 0 Å². The van der Waals surface area contributed by atoms with Crippen molar-refractivity contribution in [2.24, 2.45) is 0 Å². The first-order chi connectivity index (χ1) is 16.1. The van der Waals surface area contributed by atoms with Crippen LogP contribution in [-0.2, 0) is 16.1 Å². The van der Waals surface area contributed by atoms with Gasteiger partial charge in [0.25, 0.3) is 0 Å². The van der Waals surface area contributed by atoms with E-state index < -0.39 is 12.6 Å². The molecule has 0 bridgehead atoms. The van der Waals surface area contributed by atoms with Gasteiger partial charge >= 0.3 is 0 Å². The standard InChI is InChI=1S/C24H25N3O6/c1-15(28-3)31-22-11-19-21(12-23(22)32-16(2)29-4)25-14-26-24(19)30-13-18-10-20(27-33-18)17-8-6-5-7-9-17/h5-12,14-16H,13H2,1-4H3. The highest BCUT2D eigenvalue weighted by atomic mass is 16.7. The summed E-state index contributed by atoms with van der Waals surface area (Å²) in [5.41, 5.74) is 2.32. The summed E-state index contributed by atoms with van der Waals surface area (Å²) >= 11 is 0. The minimum absolute atomic E-state index is 0.148. The summed E-state index contributed by atoms with van der Waals surface area (Å²) in [6.45, 7) is 3.71. The topological polar surface area (TPSA) is 98.0 Å². The van der Waals surface area contributed by atoms with Crippen LogP contribution in [0, 0.1) is 0 Å². The van der Waals surface area contributed by atoms with Gasteiger partial charge in [-0.3, -0.25) is 0 Å². The molecule has 2 aromatic heterocycles. The van der Waals surface area contributed by atoms with E-state index in [0.717, 1.165) is 11.3 Å². The van der Waals surface area contributed by atoms with E-state index >= 15 is 0 Å². The SMILES string of the molecule is COC(C)Oc1cc2ncnc(OCc3cc(-c4ccccc4)no3)c2cc1OC(C)OC. The van der Waals surface area contributed by atoms with Crippen LogP contribution in [0.1, 0.15) is 19.6 Å². The minimum atomic E-state index is -0.498. The van der Waals surface area contributed by atoms with Crippen LogP contribution < -0.4 is 14.2 Å². The van der Waals surface area contributed by atoms with E-state index in [9.17, 15) is 0 Å². The molecule has 172 valence electrons. The third kappa shape index (κ3) is 5.39. The second-order valence-corrected chi connectivity index (χ2v) is 7.17. The summed E-state index contributed by atoms with van der Waals surface area (Å²) in [4.78, 5) is 8.63. The lowest BCUT2D eigenvalue weighted by molar-refractivity contribution is -0.0551. The van der Waals surface area contributed by atoms with Crippen molar-refractivity contribution in [3.8, 4) is 28.6 Å². The van der Waals surface area contributed by atoms with Crippen molar-refractivity contribution in [2.75, 3.05) is 14.2 Å². The molecule has 0 radical (unpaired) electrons. The van der Waals surface area contributed by atoms with Crippen molar-refractivity contribution in [1.29, 1.82) is 0 Å². The van der Waals surface area contributed by atoms with Gasteiger partial charge in [0, 0.05) is 31.9 Å². The summed E-state index contributed by atoms with van der Waals surface area (Å²) in [5, 5.41) is 4.76. The smallest absolute Gasteiger partial charge is 0.225 e. The average molecular weight is 451 g/mol. The fraction of sp³-hybridized carbons (Fsp3) is 0.292. The van der Waals surface area contributed by atoms with Crippen molar-refractivity contribution in [1.82, 2.24) is 15.1 Å². The van der Waals surface area contributed by atoms with E-state index in [1.54, 1.807) is 40.2 Å². The van der Waals surface area contributed by atoms with Gasteiger partial charge in [0.1, 0.15) is 12.0 Å². The minimum Gasteiger partial charge on any atom is -0.469 e. The van der Waals surface area contributed by atoms with Gasteiger partial charge < -0.3 is 28.2 Å². The summed E-state index contributed by atoms with van der Waals surface area (Å²) in [5.74, 6) is 1.86. The Kier molecular flexibility index (Phi) is 7.01. The molecule has 0 spiro atoms. The van der Waals surface area contributed by atoms with E-state index in [4.69, 9.17) is 28.2 Å². The molecule has 9 heteroatoms. The molecule has 2 heterocycles. The highest BCUT2D eigenvalue weighted by Crippen LogP contribution is 2.36. The fourth-order valence-electron chi connectivity index (χ4n) is 3.06. The summed E-state index contributed by atoms with van der Waals surface area (Å²) in [6.07, 6.45) is 0.447. The van der Waals surface area contributed by atoms with E-state index in [1.165, 1.54) is 6.33 Å². The molecule has 33 heavy (non-hydrogen) atoms. The number of methoxy groups -OCH3 is 2. The molecule has 2 unspecified atom stereocenters. The molecule has 9 nitrogen and oxygen atoms in total. The maximum Gasteiger partial charge on any atom is 0.225 e. The quantitative estimate of drug-likeness (QED) is 0.320. The zero-order valence-corrected chi connectivity index (χ0v) is 18.8. The molecule has 0 aliphatic carbocycles. The summed E-state index contributed by atoms with van der Waals surface area (Å²) in [7, 11) is 3.12. The van der Waals surface area contributed by atoms with Crippen LogP contribution in [0.2, 0.25) is 0 Å². The molecule has 0 fully saturated rings. The second-order valence-electron chi connectivity index (χ2n) is 7.17. The van der Waals surface area contributed by atoms with Gasteiger partial charge in [-0.05, 0) is 19.9 Å². The molecular weight excluding hydrogens is 426 g/mol. The third-order valence-corrected chi connectivity index (χ3v) is 4.89. The maximum absolute atomic E-state index is 5.95. The molecule has 0 saturated carbocycles. The van der Waals surface area contributed by atoms with Crippen LogP contribution in [0.3, 0.4) is 0 Å². The first kappa shape index (κ1) is 22.5. The average Bonchev–Trinajstić information content (AvgIpc) is 3.32. The van der Waals surface area contributed by atoms with Crippen molar-refractivity contribution < 1.29 is 28.2 Å².